The summed E-state index contributed by atoms with van der Waals surface area (Å²) in [4.78, 5) is 47.9. The molecular weight excluding hydrogens is 556 g/mol. The molecule has 0 radical (unpaired) electrons. The highest BCUT2D eigenvalue weighted by Crippen LogP contribution is 2.51. The molecule has 6 rings (SSSR count). The second-order valence-electron chi connectivity index (χ2n) is 10.3. The molecule has 0 saturated carbocycles. The van der Waals surface area contributed by atoms with Crippen molar-refractivity contribution in [2.75, 3.05) is 31.1 Å². The van der Waals surface area contributed by atoms with E-state index in [1.165, 1.54) is 17.2 Å². The smallest absolute Gasteiger partial charge is 0.337 e. The molecule has 2 aromatic heterocycles. The summed E-state index contributed by atoms with van der Waals surface area (Å²) in [6.07, 6.45) is -2.91. The van der Waals surface area contributed by atoms with Gasteiger partial charge < -0.3 is 14.7 Å². The highest BCUT2D eigenvalue weighted by atomic mass is 35.5. The third-order valence-corrected chi connectivity index (χ3v) is 8.53. The molecule has 2 fully saturated rings. The number of likely N-dealkylation sites (tertiary alicyclic amines) is 2. The Morgan fingerprint density at radius 1 is 1.12 bits per heavy atom. The van der Waals surface area contributed by atoms with Gasteiger partial charge in [-0.15, -0.1) is 0 Å². The van der Waals surface area contributed by atoms with Gasteiger partial charge in [0.2, 0.25) is 11.8 Å². The van der Waals surface area contributed by atoms with Crippen molar-refractivity contribution in [2.45, 2.75) is 43.3 Å². The van der Waals surface area contributed by atoms with E-state index in [0.29, 0.717) is 11.0 Å². The number of amides is 3. The van der Waals surface area contributed by atoms with Crippen LogP contribution in [0.1, 0.15) is 41.7 Å². The van der Waals surface area contributed by atoms with E-state index in [4.69, 9.17) is 11.6 Å². The summed E-state index contributed by atoms with van der Waals surface area (Å²) in [5.41, 5.74) is 0.452. The lowest BCUT2D eigenvalue weighted by Crippen LogP contribution is -2.53. The second kappa shape index (κ2) is 9.43. The van der Waals surface area contributed by atoms with E-state index in [-0.39, 0.29) is 73.2 Å². The topological polar surface area (TPSA) is 102 Å². The van der Waals surface area contributed by atoms with Crippen molar-refractivity contribution in [3.05, 3.63) is 52.6 Å². The summed E-state index contributed by atoms with van der Waals surface area (Å²) >= 11 is 6.38. The van der Waals surface area contributed by atoms with E-state index in [2.05, 4.69) is 15.2 Å². The molecule has 3 aromatic rings. The average molecular weight is 579 g/mol. The number of H-pyrrole nitrogens is 1. The number of fused-ring (bicyclic) bond motifs is 3. The molecule has 1 aromatic carbocycles. The number of carbonyl (C=O) groups excluding carboxylic acids is 3. The zero-order valence-corrected chi connectivity index (χ0v) is 21.7. The van der Waals surface area contributed by atoms with Crippen molar-refractivity contribution in [2.24, 2.45) is 0 Å². The molecule has 3 aliphatic rings. The lowest BCUT2D eigenvalue weighted by Gasteiger charge is -2.38. The van der Waals surface area contributed by atoms with Crippen LogP contribution in [-0.2, 0) is 15.0 Å². The zero-order valence-electron chi connectivity index (χ0n) is 21.0. The molecular formula is C26H23ClF4N6O3. The fourth-order valence-electron chi connectivity index (χ4n) is 6.15. The first kappa shape index (κ1) is 26.5. The van der Waals surface area contributed by atoms with Crippen LogP contribution < -0.4 is 4.90 Å². The standard InChI is InChI=1S/C26H23ClF4N6O3/c27-22-14(28)3-6-18-21(22)25(24(40)37(18)13-20(38)36-9-1-2-19(36)26(29,30)31)7-10-35(11-8-25)23(39)16-5-4-15-17(33-16)12-32-34-15/h3-6,12,19H,1-2,7-11,13H2,(H,32,34). The van der Waals surface area contributed by atoms with E-state index in [9.17, 15) is 31.9 Å². The summed E-state index contributed by atoms with van der Waals surface area (Å²) in [7, 11) is 0. The van der Waals surface area contributed by atoms with E-state index < -0.39 is 41.8 Å². The molecule has 0 bridgehead atoms. The monoisotopic (exact) mass is 578 g/mol. The third kappa shape index (κ3) is 4.09. The van der Waals surface area contributed by atoms with E-state index in [1.807, 2.05) is 0 Å². The zero-order chi connectivity index (χ0) is 28.4. The number of aromatic nitrogens is 3. The Kier molecular flexibility index (Phi) is 6.24. The van der Waals surface area contributed by atoms with Crippen LogP contribution in [0.15, 0.2) is 30.5 Å². The van der Waals surface area contributed by atoms with Gasteiger partial charge in [0.15, 0.2) is 0 Å². The number of hydrogen-bond donors (Lipinski definition) is 1. The molecule has 0 aliphatic carbocycles. The highest BCUT2D eigenvalue weighted by Gasteiger charge is 2.55. The van der Waals surface area contributed by atoms with Crippen LogP contribution in [0, 0.1) is 5.82 Å². The number of hydrogen-bond acceptors (Lipinski definition) is 5. The Balaban J connectivity index is 1.26. The Labute approximate surface area is 230 Å². The Morgan fingerprint density at radius 2 is 1.88 bits per heavy atom. The summed E-state index contributed by atoms with van der Waals surface area (Å²) in [6.45, 7) is -0.458. The lowest BCUT2D eigenvalue weighted by molar-refractivity contribution is -0.182. The van der Waals surface area contributed by atoms with Gasteiger partial charge in [-0.3, -0.25) is 19.5 Å². The summed E-state index contributed by atoms with van der Waals surface area (Å²) in [6, 6.07) is 3.73. The first-order valence-electron chi connectivity index (χ1n) is 12.8. The van der Waals surface area contributed by atoms with Crippen LogP contribution in [0.5, 0.6) is 0 Å². The summed E-state index contributed by atoms with van der Waals surface area (Å²) in [5.74, 6) is -2.50. The summed E-state index contributed by atoms with van der Waals surface area (Å²) < 4.78 is 55.1. The number of alkyl halides is 3. The van der Waals surface area contributed by atoms with Crippen LogP contribution in [0.2, 0.25) is 5.02 Å². The minimum atomic E-state index is -4.58. The van der Waals surface area contributed by atoms with Crippen molar-refractivity contribution in [1.29, 1.82) is 0 Å². The number of piperidine rings is 1. The molecule has 2 saturated heterocycles. The number of carbonyl (C=O) groups is 3. The number of pyridine rings is 1. The van der Waals surface area contributed by atoms with Crippen molar-refractivity contribution < 1.29 is 31.9 Å². The minimum Gasteiger partial charge on any atom is -0.337 e. The Hall–Kier alpha value is -3.74. The number of nitrogens with one attached hydrogen (secondary N) is 1. The van der Waals surface area contributed by atoms with E-state index >= 15 is 0 Å². The summed E-state index contributed by atoms with van der Waals surface area (Å²) in [5, 5.41) is 6.38. The number of halogens is 5. The fourth-order valence-corrected chi connectivity index (χ4v) is 6.49. The number of aromatic amines is 1. The molecule has 3 aliphatic heterocycles. The maximum atomic E-state index is 14.6. The van der Waals surface area contributed by atoms with Crippen LogP contribution in [0.25, 0.3) is 11.0 Å². The third-order valence-electron chi connectivity index (χ3n) is 8.16. The molecule has 40 heavy (non-hydrogen) atoms. The Bertz CT molecular complexity index is 1530. The fraction of sp³-hybridized carbons (Fsp3) is 0.423. The van der Waals surface area contributed by atoms with Gasteiger partial charge in [0.05, 0.1) is 27.8 Å². The van der Waals surface area contributed by atoms with Crippen molar-refractivity contribution in [3.8, 4) is 0 Å². The molecule has 9 nitrogen and oxygen atoms in total. The van der Waals surface area contributed by atoms with Gasteiger partial charge in [-0.1, -0.05) is 11.6 Å². The van der Waals surface area contributed by atoms with Crippen LogP contribution >= 0.6 is 11.6 Å². The van der Waals surface area contributed by atoms with E-state index in [0.717, 1.165) is 15.9 Å². The molecule has 210 valence electrons. The van der Waals surface area contributed by atoms with Gasteiger partial charge in [0, 0.05) is 25.2 Å². The van der Waals surface area contributed by atoms with Gasteiger partial charge in [-0.05, 0) is 49.9 Å². The Morgan fingerprint density at radius 3 is 2.60 bits per heavy atom. The SMILES string of the molecule is O=C(c1ccc2[nH]ncc2n1)N1CCC2(CC1)C(=O)N(CC(=O)N1CCCC1C(F)(F)F)c1ccc(F)c(Cl)c12. The lowest BCUT2D eigenvalue weighted by atomic mass is 9.73. The van der Waals surface area contributed by atoms with Crippen LogP contribution in [0.4, 0.5) is 23.2 Å². The van der Waals surface area contributed by atoms with Gasteiger partial charge >= 0.3 is 6.18 Å². The molecule has 3 amide bonds. The predicted octanol–water partition coefficient (Wildman–Crippen LogP) is 3.82. The van der Waals surface area contributed by atoms with Crippen molar-refractivity contribution >= 4 is 46.0 Å². The quantitative estimate of drug-likeness (QED) is 0.476. The number of anilines is 1. The van der Waals surface area contributed by atoms with Crippen molar-refractivity contribution in [1.82, 2.24) is 25.0 Å². The van der Waals surface area contributed by atoms with Gasteiger partial charge in [-0.2, -0.15) is 18.3 Å². The molecule has 14 heteroatoms. The predicted molar refractivity (Wildman–Crippen MR) is 135 cm³/mol. The number of benzene rings is 1. The number of nitrogens with zero attached hydrogens (tertiary/aromatic N) is 5. The molecule has 1 N–H and O–H groups in total. The van der Waals surface area contributed by atoms with Crippen molar-refractivity contribution in [3.63, 3.8) is 0 Å². The van der Waals surface area contributed by atoms with Crippen LogP contribution in [0.3, 0.4) is 0 Å². The van der Waals surface area contributed by atoms with Gasteiger partial charge in [0.1, 0.15) is 29.6 Å². The largest absolute Gasteiger partial charge is 0.408 e. The molecule has 1 atom stereocenters. The number of rotatable bonds is 3. The van der Waals surface area contributed by atoms with E-state index in [1.54, 1.807) is 12.1 Å². The second-order valence-corrected chi connectivity index (χ2v) is 10.7. The van der Waals surface area contributed by atoms with Crippen LogP contribution in [-0.4, -0.2) is 81.1 Å². The minimum absolute atomic E-state index is 0.0665. The maximum absolute atomic E-state index is 14.6. The molecule has 1 spiro atoms. The highest BCUT2D eigenvalue weighted by molar-refractivity contribution is 6.33. The first-order valence-corrected chi connectivity index (χ1v) is 13.1. The average Bonchev–Trinajstić information content (AvgIpc) is 3.66. The molecule has 1 unspecified atom stereocenters. The maximum Gasteiger partial charge on any atom is 0.408 e. The van der Waals surface area contributed by atoms with Gasteiger partial charge in [0.25, 0.3) is 5.91 Å². The van der Waals surface area contributed by atoms with Gasteiger partial charge in [-0.25, -0.2) is 9.37 Å². The normalized spacial score (nSPS) is 20.6. The molecule has 5 heterocycles. The first-order chi connectivity index (χ1) is 19.0.